The molecule has 0 spiro atoms. The molecule has 3 N–H and O–H groups in total. The van der Waals surface area contributed by atoms with Crippen LogP contribution >= 0.6 is 0 Å². The van der Waals surface area contributed by atoms with Gasteiger partial charge in [-0.1, -0.05) is 54.0 Å². The normalized spacial score (nSPS) is 20.0. The number of carbonyl (C=O) groups is 3. The zero-order valence-electron chi connectivity index (χ0n) is 24.3. The summed E-state index contributed by atoms with van der Waals surface area (Å²) in [6.45, 7) is 18.5. The van der Waals surface area contributed by atoms with Gasteiger partial charge in [0, 0.05) is 18.7 Å². The fourth-order valence-corrected chi connectivity index (χ4v) is 4.77. The Morgan fingerprint density at radius 2 is 1.58 bits per heavy atom. The minimum absolute atomic E-state index is 0.0544. The first-order valence-electron chi connectivity index (χ1n) is 13.7. The topological polar surface area (TPSA) is 102 Å². The molecule has 1 fully saturated rings. The molecule has 0 radical (unpaired) electrons. The third kappa shape index (κ3) is 8.87. The lowest BCUT2D eigenvalue weighted by Crippen LogP contribution is -2.58. The maximum atomic E-state index is 13.7. The summed E-state index contributed by atoms with van der Waals surface area (Å²) in [4.78, 5) is 43.6. The van der Waals surface area contributed by atoms with Crippen LogP contribution in [0.25, 0.3) is 0 Å². The summed E-state index contributed by atoms with van der Waals surface area (Å²) in [5, 5.41) is 15.5. The van der Waals surface area contributed by atoms with Crippen molar-refractivity contribution in [2.75, 3.05) is 20.2 Å². The van der Waals surface area contributed by atoms with Crippen molar-refractivity contribution in [2.24, 2.45) is 17.8 Å². The number of piperidine rings is 1. The van der Waals surface area contributed by atoms with E-state index in [9.17, 15) is 19.5 Å². The van der Waals surface area contributed by atoms with Crippen LogP contribution in [0.2, 0.25) is 0 Å². The summed E-state index contributed by atoms with van der Waals surface area (Å²) in [5.74, 6) is -0.433. The van der Waals surface area contributed by atoms with Crippen molar-refractivity contribution < 1.29 is 19.5 Å². The number of carbonyl (C=O) groups excluding carboxylic acids is 3. The van der Waals surface area contributed by atoms with Gasteiger partial charge in [-0.15, -0.1) is 0 Å². The van der Waals surface area contributed by atoms with Gasteiger partial charge in [0.15, 0.2) is 0 Å². The standard InChI is InChI=1S/C28H52N4O4/c1-17(2)22(16-33)29-26(34)21(9)15-24(18(3)4)31(10)28(36)25(19(5)6)30-27(35)23-13-11-12-14-32(23)20(7)8/h15,17-20,22-25,33H,11-14,16H2,1-10H3,(H,29,34)(H,30,35)/t22-,23?,24-,25+/m1/s1. The van der Waals surface area contributed by atoms with Gasteiger partial charge < -0.3 is 20.6 Å². The molecular weight excluding hydrogens is 456 g/mol. The highest BCUT2D eigenvalue weighted by molar-refractivity contribution is 5.93. The minimum Gasteiger partial charge on any atom is -0.394 e. The first-order chi connectivity index (χ1) is 16.7. The number of nitrogens with zero attached hydrogens (tertiary/aromatic N) is 2. The van der Waals surface area contributed by atoms with E-state index in [0.29, 0.717) is 5.57 Å². The van der Waals surface area contributed by atoms with E-state index in [1.165, 1.54) is 0 Å². The number of likely N-dealkylation sites (N-methyl/N-ethyl adjacent to an activating group) is 1. The van der Waals surface area contributed by atoms with Crippen LogP contribution in [-0.4, -0.2) is 83.0 Å². The zero-order chi connectivity index (χ0) is 27.7. The first-order valence-corrected chi connectivity index (χ1v) is 13.7. The van der Waals surface area contributed by atoms with E-state index in [1.807, 2.05) is 47.6 Å². The van der Waals surface area contributed by atoms with Crippen molar-refractivity contribution in [2.45, 2.75) is 112 Å². The number of aliphatic hydroxyl groups is 1. The number of likely N-dealkylation sites (tertiary alicyclic amines) is 1. The molecule has 1 rings (SSSR count). The van der Waals surface area contributed by atoms with E-state index >= 15 is 0 Å². The van der Waals surface area contributed by atoms with Gasteiger partial charge in [-0.3, -0.25) is 19.3 Å². The van der Waals surface area contributed by atoms with Crippen LogP contribution in [0.5, 0.6) is 0 Å². The Balaban J connectivity index is 3.07. The van der Waals surface area contributed by atoms with Gasteiger partial charge in [-0.25, -0.2) is 0 Å². The molecule has 4 atom stereocenters. The Morgan fingerprint density at radius 1 is 0.972 bits per heavy atom. The molecule has 1 aliphatic rings. The molecule has 0 aromatic carbocycles. The summed E-state index contributed by atoms with van der Waals surface area (Å²) in [6, 6.07) is -1.26. The van der Waals surface area contributed by atoms with E-state index in [0.717, 1.165) is 25.8 Å². The zero-order valence-corrected chi connectivity index (χ0v) is 24.3. The molecule has 1 aliphatic heterocycles. The van der Waals surface area contributed by atoms with Gasteiger partial charge in [-0.2, -0.15) is 0 Å². The Kier molecular flexibility index (Phi) is 13.1. The van der Waals surface area contributed by atoms with Gasteiger partial charge in [-0.05, 0) is 57.9 Å². The molecule has 1 heterocycles. The van der Waals surface area contributed by atoms with Gasteiger partial charge in [0.05, 0.1) is 24.7 Å². The van der Waals surface area contributed by atoms with E-state index in [4.69, 9.17) is 0 Å². The third-order valence-corrected chi connectivity index (χ3v) is 7.32. The lowest BCUT2D eigenvalue weighted by Gasteiger charge is -2.39. The SMILES string of the molecule is CC(=C[C@H](C(C)C)N(C)C(=O)[C@@H](NC(=O)C1CCCCN1C(C)C)C(C)C)C(=O)N[C@H](CO)C(C)C. The van der Waals surface area contributed by atoms with Gasteiger partial charge in [0.1, 0.15) is 6.04 Å². The molecule has 1 saturated heterocycles. The Morgan fingerprint density at radius 3 is 2.06 bits per heavy atom. The van der Waals surface area contributed by atoms with Crippen molar-refractivity contribution in [1.82, 2.24) is 20.4 Å². The summed E-state index contributed by atoms with van der Waals surface area (Å²) in [5.41, 5.74) is 0.493. The third-order valence-electron chi connectivity index (χ3n) is 7.32. The molecule has 0 aromatic rings. The number of hydrogen-bond acceptors (Lipinski definition) is 5. The lowest BCUT2D eigenvalue weighted by atomic mass is 9.95. The Hall–Kier alpha value is -1.93. The van der Waals surface area contributed by atoms with Crippen LogP contribution in [0.15, 0.2) is 11.6 Å². The van der Waals surface area contributed by atoms with Crippen LogP contribution in [-0.2, 0) is 14.4 Å². The van der Waals surface area contributed by atoms with Gasteiger partial charge in [0.2, 0.25) is 17.7 Å². The fourth-order valence-electron chi connectivity index (χ4n) is 4.77. The van der Waals surface area contributed by atoms with Crippen LogP contribution in [0.1, 0.15) is 81.6 Å². The second-order valence-corrected chi connectivity index (χ2v) is 11.6. The van der Waals surface area contributed by atoms with Crippen LogP contribution < -0.4 is 10.6 Å². The van der Waals surface area contributed by atoms with Crippen molar-refractivity contribution >= 4 is 17.7 Å². The van der Waals surface area contributed by atoms with Crippen molar-refractivity contribution in [3.63, 3.8) is 0 Å². The summed E-state index contributed by atoms with van der Waals surface area (Å²) < 4.78 is 0. The molecular formula is C28H52N4O4. The van der Waals surface area contributed by atoms with E-state index in [-0.39, 0.29) is 66.2 Å². The van der Waals surface area contributed by atoms with Crippen molar-refractivity contribution in [3.8, 4) is 0 Å². The molecule has 8 heteroatoms. The minimum atomic E-state index is -0.651. The number of aliphatic hydroxyl groups excluding tert-OH is 1. The number of hydrogen-bond donors (Lipinski definition) is 3. The predicted molar refractivity (Wildman–Crippen MR) is 145 cm³/mol. The largest absolute Gasteiger partial charge is 0.394 e. The molecule has 8 nitrogen and oxygen atoms in total. The molecule has 1 unspecified atom stereocenters. The maximum absolute atomic E-state index is 13.7. The van der Waals surface area contributed by atoms with Crippen molar-refractivity contribution in [1.29, 1.82) is 0 Å². The second-order valence-electron chi connectivity index (χ2n) is 11.6. The van der Waals surface area contributed by atoms with Crippen LogP contribution in [0, 0.1) is 17.8 Å². The smallest absolute Gasteiger partial charge is 0.246 e. The molecule has 36 heavy (non-hydrogen) atoms. The van der Waals surface area contributed by atoms with E-state index in [1.54, 1.807) is 18.9 Å². The molecule has 0 aliphatic carbocycles. The fraction of sp³-hybridized carbons (Fsp3) is 0.821. The summed E-state index contributed by atoms with van der Waals surface area (Å²) >= 11 is 0. The maximum Gasteiger partial charge on any atom is 0.246 e. The number of nitrogens with one attached hydrogen (secondary N) is 2. The number of rotatable bonds is 12. The number of amides is 3. The highest BCUT2D eigenvalue weighted by Gasteiger charge is 2.36. The molecule has 3 amide bonds. The highest BCUT2D eigenvalue weighted by Crippen LogP contribution is 2.21. The molecule has 0 bridgehead atoms. The monoisotopic (exact) mass is 508 g/mol. The van der Waals surface area contributed by atoms with Crippen LogP contribution in [0.4, 0.5) is 0 Å². The second kappa shape index (κ2) is 14.7. The van der Waals surface area contributed by atoms with Gasteiger partial charge >= 0.3 is 0 Å². The molecule has 0 aromatic heterocycles. The molecule has 208 valence electrons. The average molecular weight is 509 g/mol. The first kappa shape index (κ1) is 32.1. The highest BCUT2D eigenvalue weighted by atomic mass is 16.3. The molecule has 0 saturated carbocycles. The van der Waals surface area contributed by atoms with Gasteiger partial charge in [0.25, 0.3) is 0 Å². The lowest BCUT2D eigenvalue weighted by molar-refractivity contribution is -0.140. The summed E-state index contributed by atoms with van der Waals surface area (Å²) in [6.07, 6.45) is 4.71. The summed E-state index contributed by atoms with van der Waals surface area (Å²) in [7, 11) is 1.74. The Bertz CT molecular complexity index is 763. The van der Waals surface area contributed by atoms with E-state index < -0.39 is 6.04 Å². The quantitative estimate of drug-likeness (QED) is 0.352. The van der Waals surface area contributed by atoms with E-state index in [2.05, 4.69) is 29.4 Å². The average Bonchev–Trinajstić information content (AvgIpc) is 2.82. The Labute approximate surface area is 219 Å². The van der Waals surface area contributed by atoms with Crippen LogP contribution in [0.3, 0.4) is 0 Å². The predicted octanol–water partition coefficient (Wildman–Crippen LogP) is 2.95. The van der Waals surface area contributed by atoms with Crippen molar-refractivity contribution in [3.05, 3.63) is 11.6 Å².